The van der Waals surface area contributed by atoms with Gasteiger partial charge in [-0.05, 0) is 0 Å². The molecule has 0 aromatic rings. The molecule has 1 unspecified atom stereocenters. The van der Waals surface area contributed by atoms with E-state index >= 15 is 0 Å². The van der Waals surface area contributed by atoms with Crippen molar-refractivity contribution in [3.05, 3.63) is 0 Å². The van der Waals surface area contributed by atoms with Gasteiger partial charge in [0.25, 0.3) is 0 Å². The minimum absolute atomic E-state index is 0.750. The fourth-order valence-electron chi connectivity index (χ4n) is 8.66. The van der Waals surface area contributed by atoms with Crippen molar-refractivity contribution in [3.8, 4) is 0 Å². The lowest BCUT2D eigenvalue weighted by Crippen LogP contribution is -2.69. The zero-order valence-electron chi connectivity index (χ0n) is 39.1. The van der Waals surface area contributed by atoms with Crippen LogP contribution in [0.1, 0.15) is 0 Å². The van der Waals surface area contributed by atoms with Crippen LogP contribution in [0.5, 0.6) is 0 Å². The van der Waals surface area contributed by atoms with E-state index in [9.17, 15) is 116 Å². The first-order chi connectivity index (χ1) is 35.6. The van der Waals surface area contributed by atoms with Gasteiger partial charge in [0.2, 0.25) is 0 Å². The van der Waals surface area contributed by atoms with E-state index in [1.807, 2.05) is 0 Å². The molecule has 6 aliphatic rings. The lowest BCUT2D eigenvalue weighted by Gasteiger charge is -2.48. The monoisotopic (exact) mass is 1120 g/mol. The first kappa shape index (κ1) is 61.0. The van der Waals surface area contributed by atoms with Crippen LogP contribution >= 0.6 is 0 Å². The second-order valence-electron chi connectivity index (χ2n) is 17.5. The number of carboxylic acids is 3. The molecule has 0 bridgehead atoms. The SMILES string of the molecule is COC(=O)[C@H]1O[C@H](O[C@@H]2[C@H](O)[C@@H](O)[C@@H](O[C@@H]3[C@H](O)[C@@H](O)[C@@H](O[C@@H]4[C@H](O)[C@@H](O)[C@@H](O[C@@H]5[C@H](O)[C@@H](O)[C@@H](O[C@@H]6[C@H](O)[C@@H](O)C(O)O[C@@H]6C(=O)O)O[C@@H]5C(=O)OC)O[C@@H]4C(=O)O)O[C@@H]3C(=O)OC)O[C@@H]2C(=O)O)[C@H](O)[C@@H](O)[C@H]1O. The van der Waals surface area contributed by atoms with Gasteiger partial charge in [-0.3, -0.25) is 0 Å². The number of carboxylic acid groups (broad SMARTS) is 3. The molecule has 17 N–H and O–H groups in total. The number of carbonyl (C=O) groups is 6. The highest BCUT2D eigenvalue weighted by Gasteiger charge is 2.61. The highest BCUT2D eigenvalue weighted by molar-refractivity contribution is 5.77. The van der Waals surface area contributed by atoms with Gasteiger partial charge in [-0.25, -0.2) is 28.8 Å². The Morgan fingerprint density at radius 2 is 0.500 bits per heavy atom. The Kier molecular flexibility index (Phi) is 20.0. The van der Waals surface area contributed by atoms with Crippen molar-refractivity contribution in [1.82, 2.24) is 0 Å². The molecule has 6 aliphatic heterocycles. The first-order valence-electron chi connectivity index (χ1n) is 22.3. The Morgan fingerprint density at radius 1 is 0.276 bits per heavy atom. The Bertz CT molecular complexity index is 2050. The molecule has 37 nitrogen and oxygen atoms in total. The third kappa shape index (κ3) is 12.0. The quantitative estimate of drug-likeness (QED) is 0.0504. The summed E-state index contributed by atoms with van der Waals surface area (Å²) in [5, 5.41) is 180. The molecule has 0 amide bonds. The average molecular weight is 1120 g/mol. The van der Waals surface area contributed by atoms with Gasteiger partial charge in [0, 0.05) is 0 Å². The minimum Gasteiger partial charge on any atom is -0.479 e. The van der Waals surface area contributed by atoms with Crippen molar-refractivity contribution >= 4 is 35.8 Å². The number of ether oxygens (including phenoxy) is 14. The van der Waals surface area contributed by atoms with Crippen molar-refractivity contribution in [1.29, 1.82) is 0 Å². The van der Waals surface area contributed by atoms with Crippen LogP contribution in [0.25, 0.3) is 0 Å². The molecule has 37 heteroatoms. The van der Waals surface area contributed by atoms with E-state index < -0.39 is 220 Å². The Balaban J connectivity index is 1.16. The number of aliphatic hydroxyl groups excluding tert-OH is 14. The van der Waals surface area contributed by atoms with Crippen LogP contribution in [0.4, 0.5) is 0 Å². The number of aliphatic carboxylic acids is 3. The Hall–Kier alpha value is -4.18. The van der Waals surface area contributed by atoms with Crippen molar-refractivity contribution in [2.45, 2.75) is 184 Å². The predicted octanol–water partition coefficient (Wildman–Crippen LogP) is -13.3. The van der Waals surface area contributed by atoms with E-state index in [1.165, 1.54) is 0 Å². The zero-order chi connectivity index (χ0) is 56.7. The summed E-state index contributed by atoms with van der Waals surface area (Å²) in [6, 6.07) is 0. The Labute approximate surface area is 423 Å². The summed E-state index contributed by atoms with van der Waals surface area (Å²) in [6.07, 6.45) is -70.8. The third-order valence-corrected chi connectivity index (χ3v) is 12.8. The van der Waals surface area contributed by atoms with Gasteiger partial charge in [0.1, 0.15) is 110 Å². The number of rotatable bonds is 16. The van der Waals surface area contributed by atoms with E-state index in [0.717, 1.165) is 21.3 Å². The molecule has 0 saturated carbocycles. The fraction of sp³-hybridized carbons (Fsp3) is 0.846. The average Bonchev–Trinajstić information content (AvgIpc) is 3.38. The summed E-state index contributed by atoms with van der Waals surface area (Å²) in [7, 11) is 2.39. The molecule has 0 aliphatic carbocycles. The van der Waals surface area contributed by atoms with E-state index in [4.69, 9.17) is 52.1 Å². The predicted molar refractivity (Wildman–Crippen MR) is 216 cm³/mol. The van der Waals surface area contributed by atoms with Gasteiger partial charge >= 0.3 is 35.8 Å². The lowest BCUT2D eigenvalue weighted by atomic mass is 9.95. The standard InChI is InChI=1S/C39H56O37/c1-63-32(60)22-5(41)4(40)12(48)35(72-22)68-18-7(43)13(49)36(73-24(18)29(55)56)71-21-10(46)16(52)39(76-27(21)34(62)65-3)69-19-8(44)14(50)37(74-25(19)30(57)58)70-20-9(45)15(51)38(75-26(20)33(61)64-2)67-17-6(42)11(47)31(59)66-23(17)28(53)54/h4-27,31,35-52,59H,1-3H3,(H,53,54)(H,55,56)(H,57,58)/t4-,5+,6+,7+,8+,9+,10+,11+,12+,13+,14+,15+,16+,17+,18+,19+,20+,21+,22-,23-,24-,25-,26-,27-,31?,35-,36-,37-,38-,39-/m0/s1. The first-order valence-corrected chi connectivity index (χ1v) is 22.3. The number of hydrogen-bond donors (Lipinski definition) is 17. The van der Waals surface area contributed by atoms with Crippen LogP contribution in [-0.4, -0.2) is 328 Å². The van der Waals surface area contributed by atoms with Gasteiger partial charge in [-0.15, -0.1) is 0 Å². The van der Waals surface area contributed by atoms with E-state index in [2.05, 4.69) is 14.2 Å². The molecular weight excluding hydrogens is 1060 g/mol. The second-order valence-corrected chi connectivity index (χ2v) is 17.5. The minimum atomic E-state index is -2.57. The molecule has 6 saturated heterocycles. The normalized spacial score (nSPS) is 48.0. The zero-order valence-corrected chi connectivity index (χ0v) is 39.1. The van der Waals surface area contributed by atoms with Crippen LogP contribution < -0.4 is 0 Å². The molecule has 0 aromatic heterocycles. The largest absolute Gasteiger partial charge is 0.479 e. The molecular formula is C39H56O37. The second kappa shape index (κ2) is 24.9. The molecule has 30 atom stereocenters. The van der Waals surface area contributed by atoms with Crippen LogP contribution in [0, 0.1) is 0 Å². The van der Waals surface area contributed by atoms with Gasteiger partial charge in [0.05, 0.1) is 21.3 Å². The van der Waals surface area contributed by atoms with Gasteiger partial charge in [0.15, 0.2) is 74.4 Å². The summed E-state index contributed by atoms with van der Waals surface area (Å²) in [5.41, 5.74) is 0. The summed E-state index contributed by atoms with van der Waals surface area (Å²) in [4.78, 5) is 75.1. The van der Waals surface area contributed by atoms with Gasteiger partial charge in [-0.1, -0.05) is 0 Å². The lowest BCUT2D eigenvalue weighted by molar-refractivity contribution is -0.386. The number of esters is 3. The number of carbonyl (C=O) groups excluding carboxylic acids is 3. The van der Waals surface area contributed by atoms with Crippen molar-refractivity contribution in [3.63, 3.8) is 0 Å². The molecule has 434 valence electrons. The van der Waals surface area contributed by atoms with Crippen LogP contribution in [0.2, 0.25) is 0 Å². The molecule has 0 aromatic carbocycles. The van der Waals surface area contributed by atoms with Gasteiger partial charge < -0.3 is 153 Å². The van der Waals surface area contributed by atoms with Crippen LogP contribution in [0.15, 0.2) is 0 Å². The third-order valence-electron chi connectivity index (χ3n) is 12.8. The van der Waals surface area contributed by atoms with Crippen molar-refractivity contribution in [2.24, 2.45) is 0 Å². The summed E-state index contributed by atoms with van der Waals surface area (Å²) < 4.78 is 72.1. The molecule has 0 spiro atoms. The summed E-state index contributed by atoms with van der Waals surface area (Å²) in [5.74, 6) is -10.2. The Morgan fingerprint density at radius 3 is 0.789 bits per heavy atom. The summed E-state index contributed by atoms with van der Waals surface area (Å²) in [6.45, 7) is 0. The van der Waals surface area contributed by atoms with E-state index in [-0.39, 0.29) is 0 Å². The maximum Gasteiger partial charge on any atom is 0.337 e. The van der Waals surface area contributed by atoms with E-state index in [1.54, 1.807) is 0 Å². The topological polar surface area (TPSA) is 576 Å². The molecule has 76 heavy (non-hydrogen) atoms. The molecule has 0 radical (unpaired) electrons. The smallest absolute Gasteiger partial charge is 0.337 e. The van der Waals surface area contributed by atoms with Crippen molar-refractivity contribution in [2.75, 3.05) is 21.3 Å². The molecule has 6 rings (SSSR count). The highest BCUT2D eigenvalue weighted by Crippen LogP contribution is 2.37. The van der Waals surface area contributed by atoms with Crippen LogP contribution in [0.3, 0.4) is 0 Å². The molecule has 6 heterocycles. The molecule has 6 fully saturated rings. The fourth-order valence-corrected chi connectivity index (χ4v) is 8.66. The van der Waals surface area contributed by atoms with Crippen molar-refractivity contribution < 1.29 is 182 Å². The van der Waals surface area contributed by atoms with Gasteiger partial charge in [-0.2, -0.15) is 0 Å². The van der Waals surface area contributed by atoms with Crippen LogP contribution in [-0.2, 0) is 95.1 Å². The maximum absolute atomic E-state index is 13.1. The maximum atomic E-state index is 13.1. The number of hydrogen-bond acceptors (Lipinski definition) is 34. The summed E-state index contributed by atoms with van der Waals surface area (Å²) >= 11 is 0. The highest BCUT2D eigenvalue weighted by atomic mass is 16.8. The number of methoxy groups -OCH3 is 3. The van der Waals surface area contributed by atoms with E-state index in [0.29, 0.717) is 0 Å². The number of aliphatic hydroxyl groups is 14.